The maximum absolute atomic E-state index is 13.3. The standard InChI is InChI=1S/C14H20F2N2/c1-9(2)18-6-5-11(17)8-14(18)10-3-4-12(15)13(16)7-10/h3-4,7,9,11,14H,5-6,8,17H2,1-2H3/t11?,14-/m0/s1. The molecular formula is C14H20F2N2. The summed E-state index contributed by atoms with van der Waals surface area (Å²) in [6.45, 7) is 5.13. The Balaban J connectivity index is 2.29. The number of nitrogens with two attached hydrogens (primary N) is 1. The second-order valence-electron chi connectivity index (χ2n) is 5.31. The lowest BCUT2D eigenvalue weighted by Crippen LogP contribution is -2.45. The Labute approximate surface area is 107 Å². The van der Waals surface area contributed by atoms with E-state index >= 15 is 0 Å². The maximum atomic E-state index is 13.3. The number of likely N-dealkylation sites (tertiary alicyclic amines) is 1. The Kier molecular flexibility index (Phi) is 3.97. The third kappa shape index (κ3) is 2.70. The van der Waals surface area contributed by atoms with Gasteiger partial charge in [0.05, 0.1) is 0 Å². The molecule has 1 aromatic rings. The Morgan fingerprint density at radius 2 is 2.00 bits per heavy atom. The second kappa shape index (κ2) is 5.33. The molecule has 2 nitrogen and oxygen atoms in total. The van der Waals surface area contributed by atoms with Crippen LogP contribution < -0.4 is 5.73 Å². The second-order valence-corrected chi connectivity index (χ2v) is 5.31. The molecule has 0 spiro atoms. The van der Waals surface area contributed by atoms with Crippen molar-refractivity contribution in [2.45, 2.75) is 44.8 Å². The highest BCUT2D eigenvalue weighted by molar-refractivity contribution is 5.22. The van der Waals surface area contributed by atoms with Gasteiger partial charge >= 0.3 is 0 Å². The first kappa shape index (κ1) is 13.4. The van der Waals surface area contributed by atoms with E-state index in [2.05, 4.69) is 18.7 Å². The van der Waals surface area contributed by atoms with Gasteiger partial charge in [-0.2, -0.15) is 0 Å². The van der Waals surface area contributed by atoms with E-state index in [1.165, 1.54) is 12.1 Å². The van der Waals surface area contributed by atoms with Gasteiger partial charge in [-0.15, -0.1) is 0 Å². The molecule has 1 saturated heterocycles. The molecule has 0 aromatic heterocycles. The van der Waals surface area contributed by atoms with Crippen molar-refractivity contribution in [3.05, 3.63) is 35.4 Å². The van der Waals surface area contributed by atoms with Crippen LogP contribution in [0.15, 0.2) is 18.2 Å². The molecule has 2 rings (SSSR count). The first-order chi connectivity index (χ1) is 8.49. The summed E-state index contributed by atoms with van der Waals surface area (Å²) in [7, 11) is 0. The van der Waals surface area contributed by atoms with Gasteiger partial charge in [0.25, 0.3) is 0 Å². The zero-order valence-corrected chi connectivity index (χ0v) is 10.9. The lowest BCUT2D eigenvalue weighted by molar-refractivity contribution is 0.101. The van der Waals surface area contributed by atoms with Crippen LogP contribution in [0.5, 0.6) is 0 Å². The van der Waals surface area contributed by atoms with E-state index in [9.17, 15) is 8.78 Å². The van der Waals surface area contributed by atoms with Crippen molar-refractivity contribution in [1.82, 2.24) is 4.90 Å². The summed E-state index contributed by atoms with van der Waals surface area (Å²) in [6.07, 6.45) is 1.75. The van der Waals surface area contributed by atoms with E-state index in [4.69, 9.17) is 5.73 Å². The highest BCUT2D eigenvalue weighted by Gasteiger charge is 2.29. The minimum atomic E-state index is -0.796. The van der Waals surface area contributed by atoms with E-state index in [0.29, 0.717) is 6.04 Å². The largest absolute Gasteiger partial charge is 0.328 e. The lowest BCUT2D eigenvalue weighted by Gasteiger charge is -2.41. The Morgan fingerprint density at radius 1 is 1.28 bits per heavy atom. The van der Waals surface area contributed by atoms with Crippen LogP contribution in [-0.2, 0) is 0 Å². The summed E-state index contributed by atoms with van der Waals surface area (Å²) < 4.78 is 26.3. The van der Waals surface area contributed by atoms with E-state index in [1.807, 2.05) is 0 Å². The molecule has 1 unspecified atom stereocenters. The highest BCUT2D eigenvalue weighted by Crippen LogP contribution is 2.32. The predicted octanol–water partition coefficient (Wildman–Crippen LogP) is 2.84. The summed E-state index contributed by atoms with van der Waals surface area (Å²) in [6, 6.07) is 4.75. The monoisotopic (exact) mass is 254 g/mol. The number of benzene rings is 1. The number of nitrogens with zero attached hydrogens (tertiary/aromatic N) is 1. The lowest BCUT2D eigenvalue weighted by atomic mass is 9.91. The smallest absolute Gasteiger partial charge is 0.159 e. The van der Waals surface area contributed by atoms with Crippen LogP contribution >= 0.6 is 0 Å². The number of piperidine rings is 1. The Morgan fingerprint density at radius 3 is 2.61 bits per heavy atom. The van der Waals surface area contributed by atoms with E-state index < -0.39 is 11.6 Å². The summed E-state index contributed by atoms with van der Waals surface area (Å²) >= 11 is 0. The maximum Gasteiger partial charge on any atom is 0.159 e. The summed E-state index contributed by atoms with van der Waals surface area (Å²) in [5, 5.41) is 0. The number of hydrogen-bond acceptors (Lipinski definition) is 2. The summed E-state index contributed by atoms with van der Waals surface area (Å²) in [5.41, 5.74) is 6.82. The number of rotatable bonds is 2. The van der Waals surface area contributed by atoms with Crippen molar-refractivity contribution in [2.75, 3.05) is 6.54 Å². The molecule has 0 amide bonds. The van der Waals surface area contributed by atoms with Crippen molar-refractivity contribution in [3.63, 3.8) is 0 Å². The van der Waals surface area contributed by atoms with Crippen molar-refractivity contribution >= 4 is 0 Å². The zero-order valence-electron chi connectivity index (χ0n) is 10.9. The molecule has 0 aliphatic carbocycles. The molecule has 0 bridgehead atoms. The van der Waals surface area contributed by atoms with Gasteiger partial charge in [0, 0.05) is 24.7 Å². The van der Waals surface area contributed by atoms with Crippen LogP contribution in [0.3, 0.4) is 0 Å². The van der Waals surface area contributed by atoms with Gasteiger partial charge in [-0.1, -0.05) is 6.07 Å². The normalized spacial score (nSPS) is 25.7. The SMILES string of the molecule is CC(C)N1CCC(N)C[C@H]1c1ccc(F)c(F)c1. The van der Waals surface area contributed by atoms with Gasteiger partial charge in [-0.25, -0.2) is 8.78 Å². The molecular weight excluding hydrogens is 234 g/mol. The molecule has 1 aliphatic rings. The summed E-state index contributed by atoms with van der Waals surface area (Å²) in [5.74, 6) is -1.58. The first-order valence-corrected chi connectivity index (χ1v) is 6.45. The van der Waals surface area contributed by atoms with E-state index in [-0.39, 0.29) is 12.1 Å². The molecule has 2 atom stereocenters. The fraction of sp³-hybridized carbons (Fsp3) is 0.571. The van der Waals surface area contributed by atoms with Crippen LogP contribution in [-0.4, -0.2) is 23.5 Å². The van der Waals surface area contributed by atoms with Crippen LogP contribution in [0.2, 0.25) is 0 Å². The van der Waals surface area contributed by atoms with Crippen molar-refractivity contribution < 1.29 is 8.78 Å². The van der Waals surface area contributed by atoms with Gasteiger partial charge in [-0.3, -0.25) is 4.90 Å². The molecule has 0 saturated carbocycles. The highest BCUT2D eigenvalue weighted by atomic mass is 19.2. The topological polar surface area (TPSA) is 29.3 Å². The quantitative estimate of drug-likeness (QED) is 0.879. The molecule has 4 heteroatoms. The Bertz CT molecular complexity index is 420. The van der Waals surface area contributed by atoms with Crippen LogP contribution in [0.25, 0.3) is 0 Å². The van der Waals surface area contributed by atoms with Gasteiger partial charge in [0.2, 0.25) is 0 Å². The molecule has 18 heavy (non-hydrogen) atoms. The molecule has 1 aliphatic heterocycles. The first-order valence-electron chi connectivity index (χ1n) is 6.45. The third-order valence-corrected chi connectivity index (χ3v) is 3.68. The number of hydrogen-bond donors (Lipinski definition) is 1. The molecule has 1 heterocycles. The van der Waals surface area contributed by atoms with Crippen LogP contribution in [0.1, 0.15) is 38.3 Å². The molecule has 1 aromatic carbocycles. The molecule has 2 N–H and O–H groups in total. The third-order valence-electron chi connectivity index (χ3n) is 3.68. The van der Waals surface area contributed by atoms with Gasteiger partial charge in [0.1, 0.15) is 0 Å². The van der Waals surface area contributed by atoms with E-state index in [1.54, 1.807) is 6.07 Å². The van der Waals surface area contributed by atoms with Gasteiger partial charge in [-0.05, 0) is 44.4 Å². The van der Waals surface area contributed by atoms with Crippen molar-refractivity contribution in [3.8, 4) is 0 Å². The minimum Gasteiger partial charge on any atom is -0.328 e. The molecule has 0 radical (unpaired) electrons. The zero-order chi connectivity index (χ0) is 13.3. The van der Waals surface area contributed by atoms with Crippen molar-refractivity contribution in [1.29, 1.82) is 0 Å². The fourth-order valence-electron chi connectivity index (χ4n) is 2.68. The minimum absolute atomic E-state index is 0.0869. The summed E-state index contributed by atoms with van der Waals surface area (Å²) in [4.78, 5) is 2.30. The average molecular weight is 254 g/mol. The van der Waals surface area contributed by atoms with Crippen molar-refractivity contribution in [2.24, 2.45) is 5.73 Å². The Hall–Kier alpha value is -1.00. The van der Waals surface area contributed by atoms with E-state index in [0.717, 1.165) is 24.9 Å². The average Bonchev–Trinajstić information content (AvgIpc) is 2.32. The number of halogens is 2. The fourth-order valence-corrected chi connectivity index (χ4v) is 2.68. The van der Waals surface area contributed by atoms with Gasteiger partial charge < -0.3 is 5.73 Å². The predicted molar refractivity (Wildman–Crippen MR) is 68.2 cm³/mol. The molecule has 100 valence electrons. The molecule has 1 fully saturated rings. The van der Waals surface area contributed by atoms with Crippen LogP contribution in [0.4, 0.5) is 8.78 Å². The van der Waals surface area contributed by atoms with Gasteiger partial charge in [0.15, 0.2) is 11.6 Å². The van der Waals surface area contributed by atoms with Crippen LogP contribution in [0, 0.1) is 11.6 Å².